The summed E-state index contributed by atoms with van der Waals surface area (Å²) in [4.78, 5) is 12.1. The van der Waals surface area contributed by atoms with Crippen molar-refractivity contribution >= 4 is 5.91 Å². The Balaban J connectivity index is 2.18. The van der Waals surface area contributed by atoms with Gasteiger partial charge in [-0.25, -0.2) is 0 Å². The van der Waals surface area contributed by atoms with Crippen molar-refractivity contribution in [2.75, 3.05) is 19.8 Å². The Kier molecular flexibility index (Phi) is 12.6. The second-order valence-corrected chi connectivity index (χ2v) is 9.45. The average molecular weight is 562 g/mol. The molecule has 0 radical (unpaired) electrons. The summed E-state index contributed by atoms with van der Waals surface area (Å²) < 4.78 is 21.4. The van der Waals surface area contributed by atoms with E-state index in [0.29, 0.717) is 0 Å². The quantitative estimate of drug-likeness (QED) is 0.105. The van der Waals surface area contributed by atoms with Crippen molar-refractivity contribution < 1.29 is 79.9 Å². The van der Waals surface area contributed by atoms with Gasteiger partial charge in [-0.2, -0.15) is 0 Å². The van der Waals surface area contributed by atoms with Gasteiger partial charge in [0.15, 0.2) is 18.7 Å². The minimum Gasteiger partial charge on any atom is -0.394 e. The molecule has 2 fully saturated rings. The highest BCUT2D eigenvalue weighted by molar-refractivity contribution is 5.81. The molecule has 0 aliphatic carbocycles. The summed E-state index contributed by atoms with van der Waals surface area (Å²) in [5, 5.41) is 113. The van der Waals surface area contributed by atoms with Gasteiger partial charge in [0.1, 0.15) is 67.1 Å². The maximum absolute atomic E-state index is 12.1. The molecule has 2 heterocycles. The van der Waals surface area contributed by atoms with Crippen LogP contribution in [0.5, 0.6) is 0 Å². The lowest BCUT2D eigenvalue weighted by atomic mass is 9.96. The molecule has 8 unspecified atom stereocenters. The molecule has 2 aliphatic rings. The first kappa shape index (κ1) is 33.1. The Morgan fingerprint density at radius 1 is 0.816 bits per heavy atom. The van der Waals surface area contributed by atoms with Gasteiger partial charge in [0.05, 0.1) is 19.8 Å². The third-order valence-electron chi connectivity index (χ3n) is 6.18. The molecule has 1 amide bonds. The van der Waals surface area contributed by atoms with Crippen molar-refractivity contribution in [3.8, 4) is 0 Å². The van der Waals surface area contributed by atoms with E-state index in [9.17, 15) is 61.0 Å². The van der Waals surface area contributed by atoms with Crippen molar-refractivity contribution in [2.45, 2.75) is 106 Å². The standard InChI is InChI=1S/C21H39NO16/c1-6(2)22-19(34)14(31)12(29)17(7(26)3-23)37-21-16(33)13(30)18(9(5-25)36-21)38-20-15(32)11(28)10(27)8(4-24)35-20/h6-18,20-21,23-33H,3-5H2,1-2H3,(H,22,34)/t7?,8?,9?,10-,11+,12?,13-,14?,15?,16?,17?,18-,20+,21-/m1/s1. The van der Waals surface area contributed by atoms with Crippen LogP contribution in [0.15, 0.2) is 0 Å². The molecule has 0 bridgehead atoms. The molecule has 0 spiro atoms. The number of aliphatic hydroxyl groups excluding tert-OH is 11. The Hall–Kier alpha value is -1.13. The largest absolute Gasteiger partial charge is 0.394 e. The highest BCUT2D eigenvalue weighted by Crippen LogP contribution is 2.30. The Bertz CT molecular complexity index is 727. The first-order valence-electron chi connectivity index (χ1n) is 12.0. The monoisotopic (exact) mass is 561 g/mol. The van der Waals surface area contributed by atoms with Gasteiger partial charge in [0, 0.05) is 6.04 Å². The number of nitrogens with one attached hydrogen (secondary N) is 1. The van der Waals surface area contributed by atoms with E-state index in [-0.39, 0.29) is 0 Å². The SMILES string of the molecule is CC(C)NC(=O)C(O)C(O)C(O[C@H]1OC(CO)[C@@H](O[C@@H]2OC(CO)[C@@H](O)[C@H](O)C2O)[C@H](O)C1O)C(O)CO. The van der Waals surface area contributed by atoms with Gasteiger partial charge >= 0.3 is 0 Å². The van der Waals surface area contributed by atoms with Gasteiger partial charge in [-0.3, -0.25) is 4.79 Å². The second-order valence-electron chi connectivity index (χ2n) is 9.45. The minimum absolute atomic E-state index is 0.420. The summed E-state index contributed by atoms with van der Waals surface area (Å²) in [6.07, 6.45) is -25.7. The predicted octanol–water partition coefficient (Wildman–Crippen LogP) is -7.40. The zero-order valence-electron chi connectivity index (χ0n) is 20.7. The van der Waals surface area contributed by atoms with Crippen LogP contribution in [0.25, 0.3) is 0 Å². The third kappa shape index (κ3) is 7.53. The maximum Gasteiger partial charge on any atom is 0.251 e. The summed E-state index contributed by atoms with van der Waals surface area (Å²) in [6.45, 7) is 0.491. The molecular formula is C21H39NO16. The second kappa shape index (κ2) is 14.5. The molecule has 2 rings (SSSR count). The Labute approximate surface area is 217 Å². The average Bonchev–Trinajstić information content (AvgIpc) is 2.89. The van der Waals surface area contributed by atoms with Gasteiger partial charge in [-0.1, -0.05) is 0 Å². The van der Waals surface area contributed by atoms with Crippen molar-refractivity contribution in [2.24, 2.45) is 0 Å². The first-order chi connectivity index (χ1) is 17.8. The molecule has 224 valence electrons. The van der Waals surface area contributed by atoms with Crippen LogP contribution in [-0.4, -0.2) is 174 Å². The maximum atomic E-state index is 12.1. The van der Waals surface area contributed by atoms with Crippen molar-refractivity contribution in [1.82, 2.24) is 5.32 Å². The zero-order valence-corrected chi connectivity index (χ0v) is 20.7. The van der Waals surface area contributed by atoms with Crippen LogP contribution < -0.4 is 5.32 Å². The lowest BCUT2D eigenvalue weighted by Gasteiger charge is -2.46. The molecule has 12 N–H and O–H groups in total. The fourth-order valence-electron chi connectivity index (χ4n) is 4.03. The summed E-state index contributed by atoms with van der Waals surface area (Å²) >= 11 is 0. The first-order valence-corrected chi connectivity index (χ1v) is 12.0. The highest BCUT2D eigenvalue weighted by atomic mass is 16.7. The van der Waals surface area contributed by atoms with E-state index in [1.54, 1.807) is 13.8 Å². The predicted molar refractivity (Wildman–Crippen MR) is 120 cm³/mol. The third-order valence-corrected chi connectivity index (χ3v) is 6.18. The topological polar surface area (TPSA) is 289 Å². The summed E-state index contributed by atoms with van der Waals surface area (Å²) in [5.74, 6) is -1.03. The van der Waals surface area contributed by atoms with E-state index in [1.807, 2.05) is 0 Å². The molecule has 14 atom stereocenters. The number of amides is 1. The van der Waals surface area contributed by atoms with Crippen molar-refractivity contribution in [3.63, 3.8) is 0 Å². The van der Waals surface area contributed by atoms with Crippen molar-refractivity contribution in [1.29, 1.82) is 0 Å². The van der Waals surface area contributed by atoms with E-state index in [0.717, 1.165) is 0 Å². The zero-order chi connectivity index (χ0) is 28.9. The van der Waals surface area contributed by atoms with Crippen LogP contribution in [0.3, 0.4) is 0 Å². The van der Waals surface area contributed by atoms with Gasteiger partial charge in [0.25, 0.3) is 5.91 Å². The number of hydrogen-bond donors (Lipinski definition) is 12. The van der Waals surface area contributed by atoms with Crippen LogP contribution in [0, 0.1) is 0 Å². The molecule has 2 aliphatic heterocycles. The molecule has 38 heavy (non-hydrogen) atoms. The van der Waals surface area contributed by atoms with Crippen LogP contribution in [0.2, 0.25) is 0 Å². The normalized spacial score (nSPS) is 39.4. The fourth-order valence-corrected chi connectivity index (χ4v) is 4.03. The van der Waals surface area contributed by atoms with E-state index in [2.05, 4.69) is 5.32 Å². The molecule has 2 saturated heterocycles. The van der Waals surface area contributed by atoms with Gasteiger partial charge in [-0.05, 0) is 13.8 Å². The number of ether oxygens (including phenoxy) is 4. The fraction of sp³-hybridized carbons (Fsp3) is 0.952. The summed E-state index contributed by atoms with van der Waals surface area (Å²) in [5.41, 5.74) is 0. The number of carbonyl (C=O) groups excluding carboxylic acids is 1. The number of aliphatic hydroxyl groups is 11. The molecule has 17 heteroatoms. The van der Waals surface area contributed by atoms with E-state index < -0.39 is 118 Å². The number of carbonyl (C=O) groups is 1. The molecule has 17 nitrogen and oxygen atoms in total. The number of hydrogen-bond acceptors (Lipinski definition) is 16. The van der Waals surface area contributed by atoms with Crippen LogP contribution in [-0.2, 0) is 23.7 Å². The summed E-state index contributed by atoms with van der Waals surface area (Å²) in [6, 6.07) is -0.420. The molecule has 0 aromatic rings. The molecule has 0 aromatic heterocycles. The molecular weight excluding hydrogens is 522 g/mol. The van der Waals surface area contributed by atoms with Gasteiger partial charge in [-0.15, -0.1) is 0 Å². The van der Waals surface area contributed by atoms with Crippen molar-refractivity contribution in [3.05, 3.63) is 0 Å². The highest BCUT2D eigenvalue weighted by Gasteiger charge is 2.52. The van der Waals surface area contributed by atoms with E-state index >= 15 is 0 Å². The van der Waals surface area contributed by atoms with Crippen LogP contribution in [0.1, 0.15) is 13.8 Å². The smallest absolute Gasteiger partial charge is 0.251 e. The molecule has 0 aromatic carbocycles. The minimum atomic E-state index is -2.15. The van der Waals surface area contributed by atoms with Gasteiger partial charge in [0.2, 0.25) is 0 Å². The van der Waals surface area contributed by atoms with Gasteiger partial charge < -0.3 is 80.4 Å². The Morgan fingerprint density at radius 2 is 1.37 bits per heavy atom. The number of rotatable bonds is 12. The lowest BCUT2D eigenvalue weighted by molar-refractivity contribution is -0.367. The van der Waals surface area contributed by atoms with Crippen LogP contribution >= 0.6 is 0 Å². The molecule has 0 saturated carbocycles. The Morgan fingerprint density at radius 3 is 1.89 bits per heavy atom. The lowest BCUT2D eigenvalue weighted by Crippen LogP contribution is -2.65. The van der Waals surface area contributed by atoms with Crippen LogP contribution in [0.4, 0.5) is 0 Å². The summed E-state index contributed by atoms with van der Waals surface area (Å²) in [7, 11) is 0. The van der Waals surface area contributed by atoms with E-state index in [4.69, 9.17) is 18.9 Å². The van der Waals surface area contributed by atoms with E-state index in [1.165, 1.54) is 0 Å².